The van der Waals surface area contributed by atoms with Gasteiger partial charge in [0.2, 0.25) is 0 Å². The topological polar surface area (TPSA) is 64.6 Å². The van der Waals surface area contributed by atoms with Gasteiger partial charge in [-0.15, -0.1) is 6.58 Å². The SMILES string of the molecule is C=CC(OCc1ccccc1)[C@H](OCc1ccccc1)C(COCc1ccccc1)OC(=C)[C@H]1OCC[C@@H](OCc2ccccc2)[C@@H]1OCc1ccccc1. The Kier molecular flexibility index (Phi) is 15.8. The smallest absolute Gasteiger partial charge is 0.150 e. The van der Waals surface area contributed by atoms with Crippen LogP contribution in [0.1, 0.15) is 34.2 Å². The zero-order valence-corrected chi connectivity index (χ0v) is 31.4. The highest BCUT2D eigenvalue weighted by Gasteiger charge is 2.41. The molecule has 1 heterocycles. The summed E-state index contributed by atoms with van der Waals surface area (Å²) in [5.41, 5.74) is 5.23. The van der Waals surface area contributed by atoms with Crippen LogP contribution < -0.4 is 0 Å². The third kappa shape index (κ3) is 12.6. The van der Waals surface area contributed by atoms with Gasteiger partial charge in [-0.1, -0.05) is 164 Å². The van der Waals surface area contributed by atoms with Crippen LogP contribution in [0.25, 0.3) is 0 Å². The number of rotatable bonds is 22. The molecule has 55 heavy (non-hydrogen) atoms. The molecule has 6 rings (SSSR count). The first-order valence-corrected chi connectivity index (χ1v) is 19.0. The maximum atomic E-state index is 6.87. The average molecular weight is 741 g/mol. The number of hydrogen-bond acceptors (Lipinski definition) is 7. The quantitative estimate of drug-likeness (QED) is 0.0518. The molecule has 0 N–H and O–H groups in total. The molecule has 0 aliphatic carbocycles. The van der Waals surface area contributed by atoms with Crippen molar-refractivity contribution in [2.45, 2.75) is 76.1 Å². The zero-order valence-electron chi connectivity index (χ0n) is 31.4. The lowest BCUT2D eigenvalue weighted by atomic mass is 9.99. The molecular weight excluding hydrogens is 689 g/mol. The monoisotopic (exact) mass is 740 g/mol. The summed E-state index contributed by atoms with van der Waals surface area (Å²) in [7, 11) is 0. The third-order valence-corrected chi connectivity index (χ3v) is 9.46. The summed E-state index contributed by atoms with van der Waals surface area (Å²) in [6.07, 6.45) is -0.813. The van der Waals surface area contributed by atoms with Gasteiger partial charge < -0.3 is 33.2 Å². The Bertz CT molecular complexity index is 1800. The molecule has 1 fully saturated rings. The molecule has 7 heteroatoms. The molecule has 5 aromatic rings. The molecule has 0 spiro atoms. The average Bonchev–Trinajstić information content (AvgIpc) is 3.25. The van der Waals surface area contributed by atoms with Gasteiger partial charge >= 0.3 is 0 Å². The summed E-state index contributed by atoms with van der Waals surface area (Å²) in [6, 6.07) is 50.4. The molecule has 0 radical (unpaired) electrons. The Labute approximate surface area is 326 Å². The van der Waals surface area contributed by atoms with E-state index in [4.69, 9.17) is 33.2 Å². The van der Waals surface area contributed by atoms with Crippen LogP contribution in [0, 0.1) is 0 Å². The summed E-state index contributed by atoms with van der Waals surface area (Å²) >= 11 is 0. The van der Waals surface area contributed by atoms with Crippen molar-refractivity contribution in [3.63, 3.8) is 0 Å². The molecular formula is C48H52O7. The van der Waals surface area contributed by atoms with E-state index in [-0.39, 0.29) is 12.7 Å². The Morgan fingerprint density at radius 2 is 1.05 bits per heavy atom. The fraction of sp³-hybridized carbons (Fsp3) is 0.292. The second-order valence-corrected chi connectivity index (χ2v) is 13.6. The fourth-order valence-electron chi connectivity index (χ4n) is 6.53. The van der Waals surface area contributed by atoms with Gasteiger partial charge in [0.25, 0.3) is 0 Å². The Morgan fingerprint density at radius 3 is 1.56 bits per heavy atom. The van der Waals surface area contributed by atoms with Gasteiger partial charge in [-0.05, 0) is 34.2 Å². The van der Waals surface area contributed by atoms with Crippen molar-refractivity contribution in [2.24, 2.45) is 0 Å². The minimum absolute atomic E-state index is 0.183. The first kappa shape index (κ1) is 39.8. The van der Waals surface area contributed by atoms with Crippen LogP contribution in [-0.2, 0) is 66.2 Å². The number of benzene rings is 5. The summed E-state index contributed by atoms with van der Waals surface area (Å²) in [6.45, 7) is 11.2. The molecule has 0 saturated carbocycles. The Morgan fingerprint density at radius 1 is 0.600 bits per heavy atom. The lowest BCUT2D eigenvalue weighted by Crippen LogP contribution is -2.50. The van der Waals surface area contributed by atoms with Gasteiger partial charge in [-0.2, -0.15) is 0 Å². The van der Waals surface area contributed by atoms with Gasteiger partial charge in [0, 0.05) is 0 Å². The lowest BCUT2D eigenvalue weighted by Gasteiger charge is -2.40. The van der Waals surface area contributed by atoms with Crippen molar-refractivity contribution in [2.75, 3.05) is 13.2 Å². The number of hydrogen-bond donors (Lipinski definition) is 0. The molecule has 0 aromatic heterocycles. The minimum Gasteiger partial charge on any atom is -0.487 e. The van der Waals surface area contributed by atoms with Crippen LogP contribution in [0.2, 0.25) is 0 Å². The minimum atomic E-state index is -0.664. The van der Waals surface area contributed by atoms with Crippen LogP contribution >= 0.6 is 0 Å². The van der Waals surface area contributed by atoms with Gasteiger partial charge in [0.15, 0.2) is 6.10 Å². The third-order valence-electron chi connectivity index (χ3n) is 9.46. The van der Waals surface area contributed by atoms with Crippen LogP contribution in [0.5, 0.6) is 0 Å². The molecule has 1 aliphatic heterocycles. The van der Waals surface area contributed by atoms with Gasteiger partial charge in [0.1, 0.15) is 30.2 Å². The maximum absolute atomic E-state index is 6.87. The Balaban J connectivity index is 1.25. The molecule has 1 aliphatic rings. The van der Waals surface area contributed by atoms with Gasteiger partial charge in [0.05, 0.1) is 52.4 Å². The molecule has 286 valence electrons. The lowest BCUT2D eigenvalue weighted by molar-refractivity contribution is -0.194. The second kappa shape index (κ2) is 21.9. The largest absolute Gasteiger partial charge is 0.487 e. The van der Waals surface area contributed by atoms with E-state index in [0.29, 0.717) is 51.8 Å². The highest BCUT2D eigenvalue weighted by atomic mass is 16.6. The summed E-state index contributed by atoms with van der Waals surface area (Å²) < 4.78 is 46.1. The maximum Gasteiger partial charge on any atom is 0.150 e. The van der Waals surface area contributed by atoms with E-state index >= 15 is 0 Å². The standard InChI is InChI=1S/C48H52O7/c1-3-43(51-32-39-21-11-5-12-22-39)47(53-34-41-25-15-7-16-26-41)45(36-49-31-38-19-9-4-10-20-38)55-37(2)46-48(54-35-42-27-17-8-18-28-42)44(29-30-50-46)52-33-40-23-13-6-14-24-40/h3-28,43-48H,1-2,29-36H2/t43?,44-,45?,46-,47+,48+/m1/s1. The highest BCUT2D eigenvalue weighted by molar-refractivity contribution is 5.17. The van der Waals surface area contributed by atoms with Crippen LogP contribution in [0.4, 0.5) is 0 Å². The predicted octanol–water partition coefficient (Wildman–Crippen LogP) is 9.42. The molecule has 0 amide bonds. The first-order chi connectivity index (χ1) is 27.2. The second-order valence-electron chi connectivity index (χ2n) is 13.6. The fourth-order valence-corrected chi connectivity index (χ4v) is 6.53. The van der Waals surface area contributed by atoms with Gasteiger partial charge in [-0.25, -0.2) is 0 Å². The van der Waals surface area contributed by atoms with Crippen LogP contribution in [-0.4, -0.2) is 49.8 Å². The normalized spacial score (nSPS) is 18.5. The molecule has 0 bridgehead atoms. The first-order valence-electron chi connectivity index (χ1n) is 19.0. The van der Waals surface area contributed by atoms with E-state index < -0.39 is 30.5 Å². The van der Waals surface area contributed by atoms with E-state index in [0.717, 1.165) is 27.8 Å². The van der Waals surface area contributed by atoms with E-state index in [1.165, 1.54) is 0 Å². The number of ether oxygens (including phenoxy) is 7. The summed E-state index contributed by atoms with van der Waals surface area (Å²) in [5, 5.41) is 0. The van der Waals surface area contributed by atoms with Crippen LogP contribution in [0.3, 0.4) is 0 Å². The van der Waals surface area contributed by atoms with E-state index in [1.807, 2.05) is 140 Å². The van der Waals surface area contributed by atoms with Crippen molar-refractivity contribution >= 4 is 0 Å². The molecule has 7 nitrogen and oxygen atoms in total. The molecule has 1 saturated heterocycles. The Hall–Kier alpha value is -4.86. The van der Waals surface area contributed by atoms with Crippen molar-refractivity contribution < 1.29 is 33.2 Å². The zero-order chi connectivity index (χ0) is 37.9. The van der Waals surface area contributed by atoms with E-state index in [1.54, 1.807) is 6.08 Å². The van der Waals surface area contributed by atoms with Crippen molar-refractivity contribution in [1.29, 1.82) is 0 Å². The molecule has 6 atom stereocenters. The highest BCUT2D eigenvalue weighted by Crippen LogP contribution is 2.30. The molecule has 5 aromatic carbocycles. The van der Waals surface area contributed by atoms with E-state index in [2.05, 4.69) is 25.3 Å². The summed E-state index contributed by atoms with van der Waals surface area (Å²) in [4.78, 5) is 0. The summed E-state index contributed by atoms with van der Waals surface area (Å²) in [5.74, 6) is 0.401. The van der Waals surface area contributed by atoms with E-state index in [9.17, 15) is 0 Å². The van der Waals surface area contributed by atoms with Crippen molar-refractivity contribution in [3.05, 3.63) is 204 Å². The van der Waals surface area contributed by atoms with Crippen molar-refractivity contribution in [1.82, 2.24) is 0 Å². The van der Waals surface area contributed by atoms with Gasteiger partial charge in [-0.3, -0.25) is 0 Å². The predicted molar refractivity (Wildman–Crippen MR) is 215 cm³/mol. The molecule has 2 unspecified atom stereocenters. The van der Waals surface area contributed by atoms with Crippen LogP contribution in [0.15, 0.2) is 177 Å². The van der Waals surface area contributed by atoms with Crippen molar-refractivity contribution in [3.8, 4) is 0 Å².